The number of amides is 1. The van der Waals surface area contributed by atoms with Crippen LogP contribution in [0.4, 0.5) is 0 Å². The van der Waals surface area contributed by atoms with Gasteiger partial charge < -0.3 is 15.9 Å². The Morgan fingerprint density at radius 3 is 1.95 bits per heavy atom. The summed E-state index contributed by atoms with van der Waals surface area (Å²) in [7, 11) is 0. The van der Waals surface area contributed by atoms with Crippen molar-refractivity contribution in [1.29, 1.82) is 0 Å². The first-order valence-corrected chi connectivity index (χ1v) is 7.01. The first-order valence-electron chi connectivity index (χ1n) is 5.62. The van der Waals surface area contributed by atoms with E-state index in [1.54, 1.807) is 0 Å². The molecule has 0 bridgehead atoms. The topological polar surface area (TPSA) is 142 Å². The number of nitrogens with two attached hydrogens (primary N) is 1. The number of aliphatic carboxylic acids is 2. The molecule has 0 unspecified atom stereocenters. The van der Waals surface area contributed by atoms with Gasteiger partial charge in [0, 0.05) is 6.42 Å². The number of carbonyl (C=O) groups is 3. The molecule has 2 atom stereocenters. The fourth-order valence-electron chi connectivity index (χ4n) is 1.24. The van der Waals surface area contributed by atoms with Gasteiger partial charge in [-0.25, -0.2) is 10.9 Å². The first kappa shape index (κ1) is 17.7. The van der Waals surface area contributed by atoms with Crippen molar-refractivity contribution in [3.63, 3.8) is 0 Å². The Morgan fingerprint density at radius 2 is 1.58 bits per heavy atom. The van der Waals surface area contributed by atoms with Gasteiger partial charge in [0.15, 0.2) is 0 Å². The van der Waals surface area contributed by atoms with Gasteiger partial charge in [0.05, 0.1) is 0 Å². The summed E-state index contributed by atoms with van der Waals surface area (Å²) < 4.78 is 0. The molecule has 0 aromatic heterocycles. The molecule has 0 aliphatic carbocycles. The number of primary amides is 1. The van der Waals surface area contributed by atoms with Crippen LogP contribution in [0, 0.1) is 0 Å². The van der Waals surface area contributed by atoms with E-state index in [2.05, 4.69) is 10.9 Å². The quantitative estimate of drug-likeness (QED) is 0.305. The summed E-state index contributed by atoms with van der Waals surface area (Å²) in [4.78, 5) is 32.4. The Morgan fingerprint density at radius 1 is 1.11 bits per heavy atom. The molecule has 0 heterocycles. The second-order valence-electron chi connectivity index (χ2n) is 3.86. The third-order valence-electron chi connectivity index (χ3n) is 2.32. The lowest BCUT2D eigenvalue weighted by molar-refractivity contribution is -0.143. The lowest BCUT2D eigenvalue weighted by atomic mass is 10.1. The van der Waals surface area contributed by atoms with Gasteiger partial charge in [-0.2, -0.15) is 11.8 Å². The van der Waals surface area contributed by atoms with Gasteiger partial charge in [-0.05, 0) is 24.9 Å². The third-order valence-corrected chi connectivity index (χ3v) is 2.96. The lowest BCUT2D eigenvalue weighted by Crippen LogP contribution is -2.52. The van der Waals surface area contributed by atoms with Crippen LogP contribution in [0.2, 0.25) is 0 Å². The first-order chi connectivity index (χ1) is 8.88. The number of hydrazine groups is 1. The van der Waals surface area contributed by atoms with E-state index in [-0.39, 0.29) is 12.8 Å². The summed E-state index contributed by atoms with van der Waals surface area (Å²) in [6, 6.07) is -1.95. The van der Waals surface area contributed by atoms with Crippen LogP contribution in [-0.4, -0.2) is 52.2 Å². The van der Waals surface area contributed by atoms with Crippen LogP contribution < -0.4 is 16.6 Å². The van der Waals surface area contributed by atoms with Gasteiger partial charge in [0.25, 0.3) is 0 Å². The minimum absolute atomic E-state index is 0.00741. The maximum atomic E-state index is 10.9. The minimum atomic E-state index is -1.18. The molecule has 0 saturated heterocycles. The van der Waals surface area contributed by atoms with E-state index < -0.39 is 29.9 Å². The molecule has 0 aromatic carbocycles. The molecule has 0 aliphatic heterocycles. The van der Waals surface area contributed by atoms with Crippen LogP contribution in [-0.2, 0) is 14.4 Å². The van der Waals surface area contributed by atoms with Crippen molar-refractivity contribution >= 4 is 29.6 Å². The van der Waals surface area contributed by atoms with Crippen LogP contribution in [0.15, 0.2) is 0 Å². The summed E-state index contributed by atoms with van der Waals surface area (Å²) in [5.41, 5.74) is 9.81. The summed E-state index contributed by atoms with van der Waals surface area (Å²) in [5, 5.41) is 17.8. The number of hydrogen-bond acceptors (Lipinski definition) is 6. The largest absolute Gasteiger partial charge is 0.480 e. The molecule has 0 aromatic rings. The highest BCUT2D eigenvalue weighted by Crippen LogP contribution is 2.01. The lowest BCUT2D eigenvalue weighted by Gasteiger charge is -2.19. The van der Waals surface area contributed by atoms with E-state index in [9.17, 15) is 14.4 Å². The average molecular weight is 293 g/mol. The summed E-state index contributed by atoms with van der Waals surface area (Å²) in [6.45, 7) is 0. The molecular formula is C10H19N3O5S. The standard InChI is InChI=1S/C10H19N3O5S/c1-19-5-4-7(10(17)18)13-12-6(9(15)16)2-3-8(11)14/h6-7,12-13H,2-5H2,1H3,(H2,11,14)(H,15,16)(H,17,18)/t6-,7+/m0/s1. The molecule has 9 heteroatoms. The van der Waals surface area contributed by atoms with E-state index in [0.717, 1.165) is 0 Å². The SMILES string of the molecule is CSCC[C@@H](NN[C@@H](CCC(N)=O)C(=O)O)C(=O)O. The zero-order valence-corrected chi connectivity index (χ0v) is 11.4. The molecule has 6 N–H and O–H groups in total. The molecular weight excluding hydrogens is 274 g/mol. The molecule has 0 aliphatic rings. The van der Waals surface area contributed by atoms with Crippen molar-refractivity contribution in [2.75, 3.05) is 12.0 Å². The summed E-state index contributed by atoms with van der Waals surface area (Å²) in [5.74, 6) is -2.22. The Hall–Kier alpha value is -1.32. The van der Waals surface area contributed by atoms with Gasteiger partial charge in [-0.15, -0.1) is 0 Å². The van der Waals surface area contributed by atoms with Crippen LogP contribution >= 0.6 is 11.8 Å². The molecule has 110 valence electrons. The number of carboxylic acids is 2. The highest BCUT2D eigenvalue weighted by Gasteiger charge is 2.22. The van der Waals surface area contributed by atoms with E-state index >= 15 is 0 Å². The number of nitrogens with one attached hydrogen (secondary N) is 2. The van der Waals surface area contributed by atoms with E-state index in [1.165, 1.54) is 11.8 Å². The molecule has 8 nitrogen and oxygen atoms in total. The normalized spacial score (nSPS) is 13.7. The van der Waals surface area contributed by atoms with Crippen LogP contribution in [0.1, 0.15) is 19.3 Å². The highest BCUT2D eigenvalue weighted by atomic mass is 32.2. The van der Waals surface area contributed by atoms with Crippen molar-refractivity contribution < 1.29 is 24.6 Å². The van der Waals surface area contributed by atoms with Crippen molar-refractivity contribution in [2.45, 2.75) is 31.3 Å². The van der Waals surface area contributed by atoms with E-state index in [4.69, 9.17) is 15.9 Å². The number of rotatable bonds is 11. The van der Waals surface area contributed by atoms with Gasteiger partial charge >= 0.3 is 11.9 Å². The maximum Gasteiger partial charge on any atom is 0.322 e. The molecule has 0 fully saturated rings. The number of carbonyl (C=O) groups excluding carboxylic acids is 1. The number of hydrogen-bond donors (Lipinski definition) is 5. The van der Waals surface area contributed by atoms with E-state index in [0.29, 0.717) is 12.2 Å². The van der Waals surface area contributed by atoms with Crippen molar-refractivity contribution in [1.82, 2.24) is 10.9 Å². The Bertz CT molecular complexity index is 326. The Kier molecular flexibility index (Phi) is 8.92. The van der Waals surface area contributed by atoms with Crippen LogP contribution in [0.5, 0.6) is 0 Å². The van der Waals surface area contributed by atoms with Gasteiger partial charge in [-0.1, -0.05) is 0 Å². The van der Waals surface area contributed by atoms with Gasteiger partial charge in [-0.3, -0.25) is 14.4 Å². The summed E-state index contributed by atoms with van der Waals surface area (Å²) in [6.07, 6.45) is 2.10. The molecule has 0 radical (unpaired) electrons. The highest BCUT2D eigenvalue weighted by molar-refractivity contribution is 7.98. The fraction of sp³-hybridized carbons (Fsp3) is 0.700. The molecule has 0 spiro atoms. The molecule has 19 heavy (non-hydrogen) atoms. The average Bonchev–Trinajstić information content (AvgIpc) is 2.31. The van der Waals surface area contributed by atoms with Crippen molar-refractivity contribution in [3.8, 4) is 0 Å². The fourth-order valence-corrected chi connectivity index (χ4v) is 1.71. The third kappa shape index (κ3) is 8.41. The molecule has 1 amide bonds. The zero-order valence-electron chi connectivity index (χ0n) is 10.6. The van der Waals surface area contributed by atoms with Crippen LogP contribution in [0.25, 0.3) is 0 Å². The summed E-state index contributed by atoms with van der Waals surface area (Å²) >= 11 is 1.49. The number of thioether (sulfide) groups is 1. The second-order valence-corrected chi connectivity index (χ2v) is 4.84. The maximum absolute atomic E-state index is 10.9. The second kappa shape index (κ2) is 9.59. The molecule has 0 saturated carbocycles. The monoisotopic (exact) mass is 293 g/mol. The smallest absolute Gasteiger partial charge is 0.322 e. The minimum Gasteiger partial charge on any atom is -0.480 e. The predicted octanol–water partition coefficient (Wildman–Crippen LogP) is -0.994. The molecule has 0 rings (SSSR count). The van der Waals surface area contributed by atoms with Crippen molar-refractivity contribution in [2.24, 2.45) is 5.73 Å². The number of carboxylic acid groups (broad SMARTS) is 2. The zero-order chi connectivity index (χ0) is 14.8. The van der Waals surface area contributed by atoms with Gasteiger partial charge in [0.1, 0.15) is 12.1 Å². The Balaban J connectivity index is 4.29. The van der Waals surface area contributed by atoms with E-state index in [1.807, 2.05) is 6.26 Å². The van der Waals surface area contributed by atoms with Crippen LogP contribution in [0.3, 0.4) is 0 Å². The predicted molar refractivity (Wildman–Crippen MR) is 70.5 cm³/mol. The van der Waals surface area contributed by atoms with Crippen molar-refractivity contribution in [3.05, 3.63) is 0 Å². The Labute approximate surface area is 115 Å². The van der Waals surface area contributed by atoms with Gasteiger partial charge in [0.2, 0.25) is 5.91 Å².